The first-order valence-corrected chi connectivity index (χ1v) is 15.1. The molecule has 2 aromatic heterocycles. The number of hydrogen-bond acceptors (Lipinski definition) is 9. The highest BCUT2D eigenvalue weighted by atomic mass is 32.1. The molecule has 4 aromatic rings. The summed E-state index contributed by atoms with van der Waals surface area (Å²) < 4.78 is 85.1. The number of nitriles is 1. The summed E-state index contributed by atoms with van der Waals surface area (Å²) in [6.07, 6.45) is -5.07. The first kappa shape index (κ1) is 33.8. The fourth-order valence-corrected chi connectivity index (χ4v) is 6.69. The Morgan fingerprint density at radius 3 is 2.64 bits per heavy atom. The Morgan fingerprint density at radius 2 is 2.00 bits per heavy atom. The van der Waals surface area contributed by atoms with Crippen LogP contribution in [0.1, 0.15) is 45.2 Å². The van der Waals surface area contributed by atoms with Crippen LogP contribution in [0.5, 0.6) is 11.9 Å². The van der Waals surface area contributed by atoms with Crippen molar-refractivity contribution in [3.8, 4) is 29.1 Å². The SMILES string of the molecule is CN1CC/C(=C\F)[C@](C)(COc2nc(O)c3cc(C(F)(F)F)c(-c4cccc5sc(NC(=O)OC(C)(C)C)c(C#N)c45)c(F)c3n2)C1. The van der Waals surface area contributed by atoms with Gasteiger partial charge in [0.05, 0.1) is 22.8 Å². The number of thiophene rings is 1. The van der Waals surface area contributed by atoms with Crippen LogP contribution < -0.4 is 10.1 Å². The zero-order valence-electron chi connectivity index (χ0n) is 26.0. The number of alkyl halides is 3. The van der Waals surface area contributed by atoms with E-state index in [0.717, 1.165) is 11.3 Å². The van der Waals surface area contributed by atoms with Gasteiger partial charge in [0.15, 0.2) is 5.82 Å². The zero-order chi connectivity index (χ0) is 34.5. The quantitative estimate of drug-likeness (QED) is 0.203. The van der Waals surface area contributed by atoms with Crippen LogP contribution in [0.2, 0.25) is 0 Å². The van der Waals surface area contributed by atoms with E-state index in [1.807, 2.05) is 18.0 Å². The highest BCUT2D eigenvalue weighted by molar-refractivity contribution is 7.23. The Bertz CT molecular complexity index is 1960. The average Bonchev–Trinajstić information content (AvgIpc) is 3.32. The molecule has 1 saturated heterocycles. The van der Waals surface area contributed by atoms with Crippen molar-refractivity contribution in [2.75, 3.05) is 32.1 Å². The Morgan fingerprint density at radius 1 is 1.28 bits per heavy atom. The van der Waals surface area contributed by atoms with Crippen molar-refractivity contribution in [3.63, 3.8) is 0 Å². The minimum absolute atomic E-state index is 0.00170. The first-order chi connectivity index (χ1) is 22.0. The molecule has 9 nitrogen and oxygen atoms in total. The molecular formula is C32H30F5N5O4S. The van der Waals surface area contributed by atoms with E-state index in [1.54, 1.807) is 27.7 Å². The van der Waals surface area contributed by atoms with E-state index in [0.29, 0.717) is 37.5 Å². The Labute approximate surface area is 270 Å². The van der Waals surface area contributed by atoms with Gasteiger partial charge < -0.3 is 19.5 Å². The summed E-state index contributed by atoms with van der Waals surface area (Å²) in [7, 11) is 1.85. The van der Waals surface area contributed by atoms with E-state index in [9.17, 15) is 32.7 Å². The van der Waals surface area contributed by atoms with E-state index in [1.165, 1.54) is 18.2 Å². The number of fused-ring (bicyclic) bond motifs is 2. The van der Waals surface area contributed by atoms with Crippen molar-refractivity contribution < 1.29 is 41.3 Å². The summed E-state index contributed by atoms with van der Waals surface area (Å²) in [5.74, 6) is -2.40. The number of carbonyl (C=O) groups is 1. The van der Waals surface area contributed by atoms with Gasteiger partial charge in [-0.1, -0.05) is 19.1 Å². The van der Waals surface area contributed by atoms with Crippen molar-refractivity contribution >= 4 is 43.4 Å². The van der Waals surface area contributed by atoms with Crippen LogP contribution in [0.15, 0.2) is 36.2 Å². The molecule has 0 saturated carbocycles. The number of nitrogens with zero attached hydrogens (tertiary/aromatic N) is 4. The highest BCUT2D eigenvalue weighted by Gasteiger charge is 2.39. The van der Waals surface area contributed by atoms with E-state index in [4.69, 9.17) is 9.47 Å². The van der Waals surface area contributed by atoms with Crippen LogP contribution >= 0.6 is 11.3 Å². The van der Waals surface area contributed by atoms with E-state index < -0.39 is 63.0 Å². The smallest absolute Gasteiger partial charge is 0.417 e. The third kappa shape index (κ3) is 6.66. The lowest BCUT2D eigenvalue weighted by Crippen LogP contribution is -2.44. The van der Waals surface area contributed by atoms with Crippen molar-refractivity contribution in [1.82, 2.24) is 14.9 Å². The number of likely N-dealkylation sites (tertiary alicyclic amines) is 1. The van der Waals surface area contributed by atoms with Gasteiger partial charge in [-0.2, -0.15) is 28.4 Å². The molecule has 2 aromatic carbocycles. The fourth-order valence-electron chi connectivity index (χ4n) is 5.63. The number of aromatic nitrogens is 2. The van der Waals surface area contributed by atoms with Gasteiger partial charge >= 0.3 is 18.3 Å². The molecule has 5 rings (SSSR count). The third-order valence-corrected chi connectivity index (χ3v) is 8.79. The minimum atomic E-state index is -5.12. The van der Waals surface area contributed by atoms with Crippen LogP contribution in [0, 0.1) is 22.6 Å². The van der Waals surface area contributed by atoms with Crippen LogP contribution in [0.3, 0.4) is 0 Å². The van der Waals surface area contributed by atoms with Gasteiger partial charge in [-0.3, -0.25) is 5.32 Å². The number of carbonyl (C=O) groups excluding carboxylic acids is 1. The van der Waals surface area contributed by atoms with E-state index in [-0.39, 0.29) is 32.8 Å². The maximum absolute atomic E-state index is 16.5. The van der Waals surface area contributed by atoms with E-state index >= 15 is 4.39 Å². The average molecular weight is 676 g/mol. The molecule has 0 unspecified atom stereocenters. The molecule has 0 aliphatic carbocycles. The molecule has 248 valence electrons. The second-order valence-electron chi connectivity index (χ2n) is 12.5. The summed E-state index contributed by atoms with van der Waals surface area (Å²) >= 11 is 0.903. The molecule has 1 fully saturated rings. The molecule has 1 amide bonds. The topological polar surface area (TPSA) is 121 Å². The summed E-state index contributed by atoms with van der Waals surface area (Å²) in [5, 5.41) is 22.5. The number of halogens is 5. The molecule has 1 aliphatic heterocycles. The lowest BCUT2D eigenvalue weighted by atomic mass is 9.78. The first-order valence-electron chi connectivity index (χ1n) is 14.3. The predicted molar refractivity (Wildman–Crippen MR) is 166 cm³/mol. The van der Waals surface area contributed by atoms with Gasteiger partial charge in [0.1, 0.15) is 28.8 Å². The number of aromatic hydroxyl groups is 1. The van der Waals surface area contributed by atoms with Crippen LogP contribution in [-0.2, 0) is 10.9 Å². The summed E-state index contributed by atoms with van der Waals surface area (Å²) in [5.41, 5.74) is -4.77. The summed E-state index contributed by atoms with van der Waals surface area (Å²) in [4.78, 5) is 22.2. The number of rotatable bonds is 5. The molecule has 0 radical (unpaired) electrons. The monoisotopic (exact) mass is 675 g/mol. The number of nitrogens with one attached hydrogen (secondary N) is 1. The Kier molecular flexibility index (Phi) is 8.80. The third-order valence-electron chi connectivity index (χ3n) is 7.72. The zero-order valence-corrected chi connectivity index (χ0v) is 26.8. The molecule has 2 N–H and O–H groups in total. The molecular weight excluding hydrogens is 645 g/mol. The summed E-state index contributed by atoms with van der Waals surface area (Å²) in [6, 6.07) is 6.04. The summed E-state index contributed by atoms with van der Waals surface area (Å²) in [6.45, 7) is 7.51. The maximum Gasteiger partial charge on any atom is 0.417 e. The number of hydrogen-bond donors (Lipinski definition) is 2. The number of benzene rings is 2. The molecule has 1 atom stereocenters. The predicted octanol–water partition coefficient (Wildman–Crippen LogP) is 8.17. The second-order valence-corrected chi connectivity index (χ2v) is 13.6. The molecule has 0 bridgehead atoms. The van der Waals surface area contributed by atoms with Crippen LogP contribution in [0.4, 0.5) is 31.7 Å². The van der Waals surface area contributed by atoms with Crippen LogP contribution in [-0.4, -0.2) is 58.4 Å². The molecule has 3 heterocycles. The normalized spacial score (nSPS) is 18.4. The minimum Gasteiger partial charge on any atom is -0.493 e. The van der Waals surface area contributed by atoms with Gasteiger partial charge in [0.2, 0.25) is 5.88 Å². The van der Waals surface area contributed by atoms with Crippen molar-refractivity contribution in [1.29, 1.82) is 5.26 Å². The van der Waals surface area contributed by atoms with Crippen molar-refractivity contribution in [2.24, 2.45) is 5.41 Å². The highest BCUT2D eigenvalue weighted by Crippen LogP contribution is 2.48. The Balaban J connectivity index is 1.66. The van der Waals surface area contributed by atoms with Crippen molar-refractivity contribution in [2.45, 2.75) is 45.9 Å². The lowest BCUT2D eigenvalue weighted by Gasteiger charge is -2.40. The largest absolute Gasteiger partial charge is 0.493 e. The molecule has 1 aliphatic rings. The van der Waals surface area contributed by atoms with Gasteiger partial charge in [-0.15, -0.1) is 11.3 Å². The van der Waals surface area contributed by atoms with E-state index in [2.05, 4.69) is 15.3 Å². The maximum atomic E-state index is 16.5. The van der Waals surface area contributed by atoms with Gasteiger partial charge in [-0.05, 0) is 57.5 Å². The molecule has 0 spiro atoms. The fraction of sp³-hybridized carbons (Fsp3) is 0.375. The van der Waals surface area contributed by atoms with Gasteiger partial charge in [-0.25, -0.2) is 13.6 Å². The lowest BCUT2D eigenvalue weighted by molar-refractivity contribution is -0.137. The second kappa shape index (κ2) is 12.2. The number of amides is 1. The number of piperidine rings is 1. The van der Waals surface area contributed by atoms with Gasteiger partial charge in [0.25, 0.3) is 0 Å². The van der Waals surface area contributed by atoms with Crippen molar-refractivity contribution in [3.05, 3.63) is 53.1 Å². The molecule has 47 heavy (non-hydrogen) atoms. The standard InChI is InChI=1S/C32H30F5N5O4S/c1-30(2,3)46-29(44)41-27-19(13-38)22-17(7-6-8-21(22)47-27)23-20(32(35,36)37)11-18-25(24(23)34)39-28(40-26(18)43)45-15-31(4)14-42(5)10-9-16(31)12-33/h6-8,11-12H,9-10,14-15H2,1-5H3,(H,41,44)(H,39,40,43)/b16-12+/t31-/m0/s1. The molecule has 15 heteroatoms. The number of anilines is 1. The number of ether oxygens (including phenoxy) is 2. The van der Waals surface area contributed by atoms with Gasteiger partial charge in [0, 0.05) is 34.2 Å². The van der Waals surface area contributed by atoms with Crippen LogP contribution in [0.25, 0.3) is 32.1 Å². The Hall–Kier alpha value is -4.55.